The molecule has 0 amide bonds. The smallest absolute Gasteiger partial charge is 0.124 e. The van der Waals surface area contributed by atoms with Crippen LogP contribution in [0.1, 0.15) is 13.8 Å². The number of anilines is 1. The van der Waals surface area contributed by atoms with E-state index in [4.69, 9.17) is 5.73 Å². The fraction of sp³-hybridized carbons (Fsp3) is 0.300. The topological polar surface area (TPSA) is 43.8 Å². The third kappa shape index (κ3) is 1.80. The Kier molecular flexibility index (Phi) is 2.90. The number of nitrogen functional groups attached to an aromatic ring is 1. The molecule has 0 spiro atoms. The van der Waals surface area contributed by atoms with Gasteiger partial charge < -0.3 is 10.3 Å². The lowest BCUT2D eigenvalue weighted by molar-refractivity contribution is 0.968. The second-order valence-electron chi connectivity index (χ2n) is 2.57. The molecule has 0 aromatic carbocycles. The second-order valence-corrected chi connectivity index (χ2v) is 2.57. The van der Waals surface area contributed by atoms with E-state index in [-0.39, 0.29) is 0 Å². The first kappa shape index (κ1) is 9.58. The van der Waals surface area contributed by atoms with Crippen molar-refractivity contribution in [2.75, 3.05) is 5.73 Å². The van der Waals surface area contributed by atoms with Gasteiger partial charge in [0.25, 0.3) is 0 Å². The van der Waals surface area contributed by atoms with Crippen LogP contribution in [-0.4, -0.2) is 9.55 Å². The van der Waals surface area contributed by atoms with Crippen molar-refractivity contribution in [2.45, 2.75) is 13.8 Å². The molecule has 70 valence electrons. The van der Waals surface area contributed by atoms with Crippen LogP contribution < -0.4 is 5.73 Å². The second kappa shape index (κ2) is 3.94. The predicted molar refractivity (Wildman–Crippen MR) is 56.5 cm³/mol. The molecule has 0 aliphatic heterocycles. The van der Waals surface area contributed by atoms with E-state index in [1.54, 1.807) is 0 Å². The highest BCUT2D eigenvalue weighted by atomic mass is 14.9. The van der Waals surface area contributed by atoms with Crippen molar-refractivity contribution in [2.24, 2.45) is 7.05 Å². The molecule has 13 heavy (non-hydrogen) atoms. The fourth-order valence-electron chi connectivity index (χ4n) is 1.17. The predicted octanol–water partition coefficient (Wildman–Crippen LogP) is 2.18. The Bertz CT molecular complexity index is 390. The molecule has 2 rings (SSSR count). The van der Waals surface area contributed by atoms with Gasteiger partial charge in [-0.1, -0.05) is 13.8 Å². The van der Waals surface area contributed by atoms with Gasteiger partial charge in [0.15, 0.2) is 0 Å². The largest absolute Gasteiger partial charge is 0.384 e. The van der Waals surface area contributed by atoms with Crippen molar-refractivity contribution >= 4 is 16.9 Å². The van der Waals surface area contributed by atoms with Gasteiger partial charge in [-0.15, -0.1) is 0 Å². The average Bonchev–Trinajstić information content (AvgIpc) is 2.51. The first-order valence-corrected chi connectivity index (χ1v) is 4.45. The quantitative estimate of drug-likeness (QED) is 0.670. The zero-order valence-electron chi connectivity index (χ0n) is 8.28. The van der Waals surface area contributed by atoms with E-state index in [2.05, 4.69) is 4.98 Å². The van der Waals surface area contributed by atoms with Crippen molar-refractivity contribution in [3.63, 3.8) is 0 Å². The summed E-state index contributed by atoms with van der Waals surface area (Å²) in [5.41, 5.74) is 7.57. The van der Waals surface area contributed by atoms with E-state index in [0.717, 1.165) is 11.0 Å². The van der Waals surface area contributed by atoms with Crippen molar-refractivity contribution in [1.82, 2.24) is 9.55 Å². The lowest BCUT2D eigenvalue weighted by Crippen LogP contribution is -1.90. The van der Waals surface area contributed by atoms with Crippen LogP contribution in [0, 0.1) is 0 Å². The molecule has 3 nitrogen and oxygen atoms in total. The minimum absolute atomic E-state index is 0.573. The van der Waals surface area contributed by atoms with Gasteiger partial charge in [-0.3, -0.25) is 0 Å². The van der Waals surface area contributed by atoms with Crippen LogP contribution in [0.15, 0.2) is 24.4 Å². The lowest BCUT2D eigenvalue weighted by atomic mass is 10.4. The minimum atomic E-state index is 0.573. The lowest BCUT2D eigenvalue weighted by Gasteiger charge is -1.95. The monoisotopic (exact) mass is 177 g/mol. The molecule has 0 saturated carbocycles. The summed E-state index contributed by atoms with van der Waals surface area (Å²) in [7, 11) is 1.99. The van der Waals surface area contributed by atoms with Crippen LogP contribution in [0.25, 0.3) is 11.0 Å². The SMILES string of the molecule is CC.Cn1ccc2nc(N)ccc21. The van der Waals surface area contributed by atoms with E-state index in [9.17, 15) is 0 Å². The van der Waals surface area contributed by atoms with Crippen LogP contribution in [0.3, 0.4) is 0 Å². The summed E-state index contributed by atoms with van der Waals surface area (Å²) in [5.74, 6) is 0.573. The number of hydrogen-bond acceptors (Lipinski definition) is 2. The molecule has 0 atom stereocenters. The van der Waals surface area contributed by atoms with Gasteiger partial charge in [0, 0.05) is 13.2 Å². The van der Waals surface area contributed by atoms with Crippen LogP contribution in [0.2, 0.25) is 0 Å². The molecule has 0 aliphatic carbocycles. The summed E-state index contributed by atoms with van der Waals surface area (Å²) < 4.78 is 2.02. The molecule has 3 heteroatoms. The summed E-state index contributed by atoms with van der Waals surface area (Å²) >= 11 is 0. The summed E-state index contributed by atoms with van der Waals surface area (Å²) in [6, 6.07) is 5.73. The highest BCUT2D eigenvalue weighted by molar-refractivity contribution is 5.77. The normalized spacial score (nSPS) is 9.46. The number of hydrogen-bond donors (Lipinski definition) is 1. The molecule has 0 unspecified atom stereocenters. The van der Waals surface area contributed by atoms with Gasteiger partial charge in [-0.05, 0) is 18.2 Å². The molecular formula is C10H15N3. The number of aromatic nitrogens is 2. The van der Waals surface area contributed by atoms with Crippen molar-refractivity contribution in [3.05, 3.63) is 24.4 Å². The number of pyridine rings is 1. The van der Waals surface area contributed by atoms with Crippen LogP contribution >= 0.6 is 0 Å². The summed E-state index contributed by atoms with van der Waals surface area (Å²) in [4.78, 5) is 4.15. The Hall–Kier alpha value is -1.51. The maximum atomic E-state index is 5.51. The number of aryl methyl sites for hydroxylation is 1. The Labute approximate surface area is 78.2 Å². The third-order valence-corrected chi connectivity index (χ3v) is 1.76. The van der Waals surface area contributed by atoms with Gasteiger partial charge in [-0.2, -0.15) is 0 Å². The van der Waals surface area contributed by atoms with Crippen molar-refractivity contribution in [1.29, 1.82) is 0 Å². The maximum Gasteiger partial charge on any atom is 0.124 e. The number of fused-ring (bicyclic) bond motifs is 1. The van der Waals surface area contributed by atoms with Crippen LogP contribution in [0.4, 0.5) is 5.82 Å². The summed E-state index contributed by atoms with van der Waals surface area (Å²) in [6.07, 6.45) is 1.97. The van der Waals surface area contributed by atoms with Crippen LogP contribution in [-0.2, 0) is 7.05 Å². The van der Waals surface area contributed by atoms with Crippen molar-refractivity contribution in [3.8, 4) is 0 Å². The third-order valence-electron chi connectivity index (χ3n) is 1.76. The molecule has 0 radical (unpaired) electrons. The van der Waals surface area contributed by atoms with E-state index in [0.29, 0.717) is 5.82 Å². The van der Waals surface area contributed by atoms with Gasteiger partial charge in [0.2, 0.25) is 0 Å². The van der Waals surface area contributed by atoms with Gasteiger partial charge in [0.1, 0.15) is 5.82 Å². The number of nitrogens with two attached hydrogens (primary N) is 1. The molecule has 2 aromatic heterocycles. The maximum absolute atomic E-state index is 5.51. The number of nitrogens with zero attached hydrogens (tertiary/aromatic N) is 2. The standard InChI is InChI=1S/C8H9N3.C2H6/c1-11-5-4-6-7(11)2-3-8(9)10-6;1-2/h2-5H,1H3,(H2,9,10);1-2H3. The van der Waals surface area contributed by atoms with E-state index >= 15 is 0 Å². The zero-order chi connectivity index (χ0) is 9.84. The number of rotatable bonds is 0. The Morgan fingerprint density at radius 3 is 2.62 bits per heavy atom. The Morgan fingerprint density at radius 1 is 1.23 bits per heavy atom. The molecular weight excluding hydrogens is 162 g/mol. The highest BCUT2D eigenvalue weighted by Crippen LogP contribution is 2.12. The summed E-state index contributed by atoms with van der Waals surface area (Å²) in [5, 5.41) is 0. The zero-order valence-corrected chi connectivity index (χ0v) is 8.28. The van der Waals surface area contributed by atoms with E-state index in [1.165, 1.54) is 0 Å². The molecule has 2 heterocycles. The molecule has 2 aromatic rings. The average molecular weight is 177 g/mol. The van der Waals surface area contributed by atoms with E-state index in [1.807, 2.05) is 49.9 Å². The molecule has 0 bridgehead atoms. The van der Waals surface area contributed by atoms with Crippen LogP contribution in [0.5, 0.6) is 0 Å². The van der Waals surface area contributed by atoms with Gasteiger partial charge >= 0.3 is 0 Å². The highest BCUT2D eigenvalue weighted by Gasteiger charge is 1.97. The fourth-order valence-corrected chi connectivity index (χ4v) is 1.17. The Morgan fingerprint density at radius 2 is 1.92 bits per heavy atom. The molecule has 0 saturated heterocycles. The summed E-state index contributed by atoms with van der Waals surface area (Å²) in [6.45, 7) is 4.00. The van der Waals surface area contributed by atoms with Gasteiger partial charge in [0.05, 0.1) is 11.0 Å². The molecule has 0 fully saturated rings. The molecule has 2 N–H and O–H groups in total. The Balaban J connectivity index is 0.000000396. The van der Waals surface area contributed by atoms with Gasteiger partial charge in [-0.25, -0.2) is 4.98 Å². The minimum Gasteiger partial charge on any atom is -0.384 e. The van der Waals surface area contributed by atoms with E-state index < -0.39 is 0 Å². The first-order valence-electron chi connectivity index (χ1n) is 4.45. The van der Waals surface area contributed by atoms with Crippen molar-refractivity contribution < 1.29 is 0 Å². The first-order chi connectivity index (χ1) is 6.27. The molecule has 0 aliphatic rings.